The molecule has 0 unspecified atom stereocenters. The molecule has 0 aromatic heterocycles. The smallest absolute Gasteiger partial charge is 0.348 e. The van der Waals surface area contributed by atoms with E-state index in [4.69, 9.17) is 25.8 Å². The predicted molar refractivity (Wildman–Crippen MR) is 95.4 cm³/mol. The lowest BCUT2D eigenvalue weighted by atomic mass is 10.2. The number of fused-ring (bicyclic) bond motifs is 1. The van der Waals surface area contributed by atoms with Crippen molar-refractivity contribution in [2.75, 3.05) is 25.1 Å². The quantitative estimate of drug-likeness (QED) is 0.737. The van der Waals surface area contributed by atoms with E-state index in [1.807, 2.05) is 0 Å². The molecule has 3 rings (SSSR count). The standard InChI is InChI=1S/C17H16ClNO6S/c1-23-14-8-7-11(18)9-16(14)26(21,22)19-10-15(17(20)24-2)25-13-6-4-3-5-12(13)19/h3-9,15H,10H2,1-2H3/t15-/m1/s1. The molecule has 0 amide bonds. The van der Waals surface area contributed by atoms with Crippen LogP contribution in [0.3, 0.4) is 0 Å². The number of para-hydroxylation sites is 2. The Kier molecular flexibility index (Phi) is 4.97. The fourth-order valence-electron chi connectivity index (χ4n) is 2.65. The molecular weight excluding hydrogens is 382 g/mol. The van der Waals surface area contributed by atoms with Gasteiger partial charge in [0.15, 0.2) is 0 Å². The Hall–Kier alpha value is -2.45. The highest BCUT2D eigenvalue weighted by molar-refractivity contribution is 7.93. The van der Waals surface area contributed by atoms with Crippen LogP contribution in [0.1, 0.15) is 0 Å². The summed E-state index contributed by atoms with van der Waals surface area (Å²) in [6, 6.07) is 10.9. The lowest BCUT2D eigenvalue weighted by Crippen LogP contribution is -2.47. The van der Waals surface area contributed by atoms with Gasteiger partial charge in [0, 0.05) is 5.02 Å². The van der Waals surface area contributed by atoms with Crippen LogP contribution in [0.4, 0.5) is 5.69 Å². The highest BCUT2D eigenvalue weighted by atomic mass is 35.5. The van der Waals surface area contributed by atoms with Gasteiger partial charge < -0.3 is 14.2 Å². The Bertz CT molecular complexity index is 946. The second-order valence-electron chi connectivity index (χ2n) is 5.43. The number of sulfonamides is 1. The molecule has 0 radical (unpaired) electrons. The van der Waals surface area contributed by atoms with Crippen molar-refractivity contribution >= 4 is 33.3 Å². The van der Waals surface area contributed by atoms with E-state index in [9.17, 15) is 13.2 Å². The fourth-order valence-corrected chi connectivity index (χ4v) is 4.55. The fraction of sp³-hybridized carbons (Fsp3) is 0.235. The summed E-state index contributed by atoms with van der Waals surface area (Å²) in [6.45, 7) is -0.234. The SMILES string of the molecule is COC(=O)[C@H]1CN(S(=O)(=O)c2cc(Cl)ccc2OC)c2ccccc2O1. The van der Waals surface area contributed by atoms with Gasteiger partial charge in [-0.1, -0.05) is 23.7 Å². The maximum Gasteiger partial charge on any atom is 0.348 e. The first-order valence-electron chi connectivity index (χ1n) is 7.58. The van der Waals surface area contributed by atoms with Gasteiger partial charge in [-0.15, -0.1) is 0 Å². The molecule has 7 nitrogen and oxygen atoms in total. The Labute approximate surface area is 156 Å². The summed E-state index contributed by atoms with van der Waals surface area (Å²) in [7, 11) is -1.50. The molecule has 0 fully saturated rings. The molecule has 9 heteroatoms. The average molecular weight is 398 g/mol. The monoisotopic (exact) mass is 397 g/mol. The van der Waals surface area contributed by atoms with Crippen molar-refractivity contribution in [3.63, 3.8) is 0 Å². The number of anilines is 1. The topological polar surface area (TPSA) is 82.1 Å². The minimum atomic E-state index is -4.08. The lowest BCUT2D eigenvalue weighted by Gasteiger charge is -2.34. The number of ether oxygens (including phenoxy) is 3. The summed E-state index contributed by atoms with van der Waals surface area (Å²) in [5, 5.41) is 0.246. The third-order valence-electron chi connectivity index (χ3n) is 3.89. The van der Waals surface area contributed by atoms with Crippen molar-refractivity contribution in [1.29, 1.82) is 0 Å². The number of hydrogen-bond donors (Lipinski definition) is 0. The summed E-state index contributed by atoms with van der Waals surface area (Å²) >= 11 is 5.98. The van der Waals surface area contributed by atoms with Crippen molar-refractivity contribution < 1.29 is 27.4 Å². The number of esters is 1. The number of benzene rings is 2. The van der Waals surface area contributed by atoms with Crippen LogP contribution in [-0.4, -0.2) is 41.3 Å². The molecular formula is C17H16ClNO6S. The highest BCUT2D eigenvalue weighted by Crippen LogP contribution is 2.39. The predicted octanol–water partition coefficient (Wildman–Crippen LogP) is 2.48. The Morgan fingerprint density at radius 3 is 2.65 bits per heavy atom. The molecule has 1 aliphatic rings. The molecule has 0 N–H and O–H groups in total. The van der Waals surface area contributed by atoms with E-state index in [1.54, 1.807) is 24.3 Å². The largest absolute Gasteiger partial charge is 0.495 e. The highest BCUT2D eigenvalue weighted by Gasteiger charge is 2.39. The normalized spacial score (nSPS) is 16.4. The number of nitrogens with zero attached hydrogens (tertiary/aromatic N) is 1. The third kappa shape index (κ3) is 3.17. The molecule has 0 bridgehead atoms. The molecule has 0 spiro atoms. The molecule has 2 aromatic rings. The number of methoxy groups -OCH3 is 2. The maximum atomic E-state index is 13.3. The van der Waals surface area contributed by atoms with Gasteiger partial charge >= 0.3 is 5.97 Å². The van der Waals surface area contributed by atoms with E-state index in [1.165, 1.54) is 32.4 Å². The molecule has 1 heterocycles. The van der Waals surface area contributed by atoms with Gasteiger partial charge in [-0.2, -0.15) is 0 Å². The van der Waals surface area contributed by atoms with Crippen LogP contribution < -0.4 is 13.8 Å². The number of rotatable bonds is 4. The first kappa shape index (κ1) is 18.3. The molecule has 0 aliphatic carbocycles. The van der Waals surface area contributed by atoms with Crippen LogP contribution in [-0.2, 0) is 19.6 Å². The van der Waals surface area contributed by atoms with Gasteiger partial charge in [0.05, 0.1) is 26.5 Å². The van der Waals surface area contributed by atoms with Crippen LogP contribution in [0.2, 0.25) is 5.02 Å². The second-order valence-corrected chi connectivity index (χ2v) is 7.70. The van der Waals surface area contributed by atoms with Crippen LogP contribution in [0.5, 0.6) is 11.5 Å². The van der Waals surface area contributed by atoms with Gasteiger partial charge in [-0.3, -0.25) is 4.31 Å². The second kappa shape index (κ2) is 7.05. The summed E-state index contributed by atoms with van der Waals surface area (Å²) < 4.78 is 43.2. The van der Waals surface area contributed by atoms with Crippen LogP contribution in [0.15, 0.2) is 47.4 Å². The average Bonchev–Trinajstić information content (AvgIpc) is 2.66. The zero-order valence-electron chi connectivity index (χ0n) is 14.0. The number of carbonyl (C=O) groups excluding carboxylic acids is 1. The minimum Gasteiger partial charge on any atom is -0.495 e. The van der Waals surface area contributed by atoms with Gasteiger partial charge in [0.1, 0.15) is 16.4 Å². The number of hydrogen-bond acceptors (Lipinski definition) is 6. The van der Waals surface area contributed by atoms with Crippen LogP contribution in [0, 0.1) is 0 Å². The minimum absolute atomic E-state index is 0.104. The Morgan fingerprint density at radius 1 is 1.23 bits per heavy atom. The molecule has 138 valence electrons. The summed E-state index contributed by atoms with van der Waals surface area (Å²) in [5.74, 6) is -0.260. The zero-order valence-corrected chi connectivity index (χ0v) is 15.6. The van der Waals surface area contributed by atoms with Gasteiger partial charge in [-0.25, -0.2) is 13.2 Å². The molecule has 1 atom stereocenters. The lowest BCUT2D eigenvalue weighted by molar-refractivity contribution is -0.148. The molecule has 0 saturated carbocycles. The summed E-state index contributed by atoms with van der Waals surface area (Å²) in [5.41, 5.74) is 0.315. The van der Waals surface area contributed by atoms with Crippen molar-refractivity contribution in [1.82, 2.24) is 0 Å². The Morgan fingerprint density at radius 2 is 1.96 bits per heavy atom. The maximum absolute atomic E-state index is 13.3. The summed E-state index contributed by atoms with van der Waals surface area (Å²) in [4.78, 5) is 11.8. The third-order valence-corrected chi connectivity index (χ3v) is 5.93. The van der Waals surface area contributed by atoms with Crippen LogP contribution in [0.25, 0.3) is 0 Å². The van der Waals surface area contributed by atoms with Gasteiger partial charge in [0.25, 0.3) is 10.0 Å². The van der Waals surface area contributed by atoms with Gasteiger partial charge in [0.2, 0.25) is 6.10 Å². The number of halogens is 1. The number of carbonyl (C=O) groups is 1. The van der Waals surface area contributed by atoms with Gasteiger partial charge in [-0.05, 0) is 30.3 Å². The zero-order chi connectivity index (χ0) is 18.9. The molecule has 2 aromatic carbocycles. The van der Waals surface area contributed by atoms with E-state index in [0.29, 0.717) is 5.69 Å². The molecule has 1 aliphatic heterocycles. The van der Waals surface area contributed by atoms with E-state index in [0.717, 1.165) is 4.31 Å². The molecule has 26 heavy (non-hydrogen) atoms. The van der Waals surface area contributed by atoms with E-state index < -0.39 is 22.1 Å². The van der Waals surface area contributed by atoms with E-state index >= 15 is 0 Å². The van der Waals surface area contributed by atoms with E-state index in [2.05, 4.69) is 0 Å². The Balaban J connectivity index is 2.14. The van der Waals surface area contributed by atoms with Crippen molar-refractivity contribution in [3.05, 3.63) is 47.5 Å². The summed E-state index contributed by atoms with van der Waals surface area (Å²) in [6.07, 6.45) is -1.09. The molecule has 0 saturated heterocycles. The van der Waals surface area contributed by atoms with E-state index in [-0.39, 0.29) is 28.0 Å². The first-order chi connectivity index (χ1) is 12.4. The van der Waals surface area contributed by atoms with Crippen molar-refractivity contribution in [2.45, 2.75) is 11.0 Å². The van der Waals surface area contributed by atoms with Crippen molar-refractivity contribution in [2.24, 2.45) is 0 Å². The van der Waals surface area contributed by atoms with Crippen molar-refractivity contribution in [3.8, 4) is 11.5 Å². The first-order valence-corrected chi connectivity index (χ1v) is 9.40. The van der Waals surface area contributed by atoms with Crippen LogP contribution >= 0.6 is 11.6 Å².